The fourth-order valence-corrected chi connectivity index (χ4v) is 3.36. The molecule has 106 valence electrons. The lowest BCUT2D eigenvalue weighted by Gasteiger charge is -2.35. The molecule has 0 aliphatic heterocycles. The second-order valence-electron chi connectivity index (χ2n) is 5.52. The summed E-state index contributed by atoms with van der Waals surface area (Å²) in [4.78, 5) is 0. The number of benzene rings is 1. The smallest absolute Gasteiger partial charge is 0.161 e. The van der Waals surface area contributed by atoms with Crippen molar-refractivity contribution in [1.82, 2.24) is 0 Å². The van der Waals surface area contributed by atoms with Crippen LogP contribution in [0.1, 0.15) is 50.6 Å². The summed E-state index contributed by atoms with van der Waals surface area (Å²) in [7, 11) is 3.32. The molecule has 1 unspecified atom stereocenters. The van der Waals surface area contributed by atoms with Gasteiger partial charge in [-0.1, -0.05) is 25.8 Å². The Morgan fingerprint density at radius 1 is 1.16 bits per heavy atom. The molecule has 1 saturated carbocycles. The molecule has 1 aliphatic carbocycles. The highest BCUT2D eigenvalue weighted by molar-refractivity contribution is 5.44. The Bertz CT molecular complexity index is 425. The van der Waals surface area contributed by atoms with E-state index in [2.05, 4.69) is 13.0 Å². The quantitative estimate of drug-likeness (QED) is 0.881. The zero-order valence-electron chi connectivity index (χ0n) is 12.2. The summed E-state index contributed by atoms with van der Waals surface area (Å²) in [5.41, 5.74) is 7.98. The van der Waals surface area contributed by atoms with Crippen LogP contribution < -0.4 is 15.2 Å². The van der Waals surface area contributed by atoms with Crippen LogP contribution in [0.15, 0.2) is 18.2 Å². The van der Waals surface area contributed by atoms with Gasteiger partial charge < -0.3 is 15.2 Å². The minimum atomic E-state index is 0.0832. The molecule has 0 aromatic heterocycles. The molecule has 0 saturated heterocycles. The molecule has 0 bridgehead atoms. The first-order chi connectivity index (χ1) is 9.16. The summed E-state index contributed by atoms with van der Waals surface area (Å²) < 4.78 is 10.7. The van der Waals surface area contributed by atoms with E-state index in [1.165, 1.54) is 25.7 Å². The van der Waals surface area contributed by atoms with Gasteiger partial charge >= 0.3 is 0 Å². The van der Waals surface area contributed by atoms with Crippen LogP contribution >= 0.6 is 0 Å². The van der Waals surface area contributed by atoms with E-state index in [0.717, 1.165) is 23.5 Å². The second-order valence-corrected chi connectivity index (χ2v) is 5.52. The molecular formula is C16H25NO2. The second kappa shape index (κ2) is 5.83. The molecule has 1 aliphatic rings. The third-order valence-electron chi connectivity index (χ3n) is 4.73. The van der Waals surface area contributed by atoms with Crippen molar-refractivity contribution in [3.63, 3.8) is 0 Å². The summed E-state index contributed by atoms with van der Waals surface area (Å²) in [6.07, 6.45) is 6.21. The summed E-state index contributed by atoms with van der Waals surface area (Å²) in [5.74, 6) is 1.52. The maximum Gasteiger partial charge on any atom is 0.161 e. The van der Waals surface area contributed by atoms with Gasteiger partial charge in [0.05, 0.1) is 14.2 Å². The SMILES string of the molecule is CCC1(C(N)c2ccc(OC)c(OC)c2)CCCC1. The Balaban J connectivity index is 2.30. The first-order valence-electron chi connectivity index (χ1n) is 7.14. The van der Waals surface area contributed by atoms with Gasteiger partial charge in [0.15, 0.2) is 11.5 Å². The van der Waals surface area contributed by atoms with E-state index in [9.17, 15) is 0 Å². The van der Waals surface area contributed by atoms with Gasteiger partial charge in [0.1, 0.15) is 0 Å². The van der Waals surface area contributed by atoms with Crippen molar-refractivity contribution in [1.29, 1.82) is 0 Å². The van der Waals surface area contributed by atoms with Crippen molar-refractivity contribution in [3.05, 3.63) is 23.8 Å². The third kappa shape index (κ3) is 2.57. The fraction of sp³-hybridized carbons (Fsp3) is 0.625. The highest BCUT2D eigenvalue weighted by Gasteiger charge is 2.38. The Morgan fingerprint density at radius 3 is 2.32 bits per heavy atom. The molecule has 1 aromatic carbocycles. The van der Waals surface area contributed by atoms with E-state index in [4.69, 9.17) is 15.2 Å². The molecule has 2 rings (SSSR count). The van der Waals surface area contributed by atoms with Crippen molar-refractivity contribution in [3.8, 4) is 11.5 Å². The molecular weight excluding hydrogens is 238 g/mol. The average molecular weight is 263 g/mol. The van der Waals surface area contributed by atoms with Crippen LogP contribution in [0.5, 0.6) is 11.5 Å². The highest BCUT2D eigenvalue weighted by Crippen LogP contribution is 2.49. The molecule has 0 radical (unpaired) electrons. The van der Waals surface area contributed by atoms with Gasteiger partial charge in [-0.3, -0.25) is 0 Å². The Kier molecular flexibility index (Phi) is 4.35. The molecule has 1 atom stereocenters. The lowest BCUT2D eigenvalue weighted by molar-refractivity contribution is 0.221. The zero-order valence-corrected chi connectivity index (χ0v) is 12.2. The van der Waals surface area contributed by atoms with Crippen molar-refractivity contribution < 1.29 is 9.47 Å². The van der Waals surface area contributed by atoms with Crippen LogP contribution in [0.25, 0.3) is 0 Å². The molecule has 2 N–H and O–H groups in total. The summed E-state index contributed by atoms with van der Waals surface area (Å²) in [6.45, 7) is 2.26. The van der Waals surface area contributed by atoms with Gasteiger partial charge in [0, 0.05) is 6.04 Å². The molecule has 0 amide bonds. The minimum absolute atomic E-state index is 0.0832. The molecule has 0 spiro atoms. The zero-order chi connectivity index (χ0) is 13.9. The lowest BCUT2D eigenvalue weighted by Crippen LogP contribution is -2.31. The fourth-order valence-electron chi connectivity index (χ4n) is 3.36. The van der Waals surface area contributed by atoms with Crippen LogP contribution in [0.3, 0.4) is 0 Å². The van der Waals surface area contributed by atoms with Crippen molar-refractivity contribution in [2.75, 3.05) is 14.2 Å². The van der Waals surface area contributed by atoms with Crippen molar-refractivity contribution in [2.24, 2.45) is 11.1 Å². The van der Waals surface area contributed by atoms with Gasteiger partial charge in [-0.25, -0.2) is 0 Å². The summed E-state index contributed by atoms with van der Waals surface area (Å²) in [5, 5.41) is 0. The highest BCUT2D eigenvalue weighted by atomic mass is 16.5. The minimum Gasteiger partial charge on any atom is -0.493 e. The van der Waals surface area contributed by atoms with Gasteiger partial charge in [-0.15, -0.1) is 0 Å². The van der Waals surface area contributed by atoms with Gasteiger partial charge in [-0.05, 0) is 42.4 Å². The van der Waals surface area contributed by atoms with Gasteiger partial charge in [-0.2, -0.15) is 0 Å². The van der Waals surface area contributed by atoms with Crippen molar-refractivity contribution in [2.45, 2.75) is 45.1 Å². The van der Waals surface area contributed by atoms with E-state index in [0.29, 0.717) is 0 Å². The maximum absolute atomic E-state index is 6.56. The summed E-state index contributed by atoms with van der Waals surface area (Å²) >= 11 is 0. The molecule has 1 fully saturated rings. The number of rotatable bonds is 5. The lowest BCUT2D eigenvalue weighted by atomic mass is 9.74. The Labute approximate surface area is 116 Å². The van der Waals surface area contributed by atoms with Crippen LogP contribution in [-0.4, -0.2) is 14.2 Å². The van der Waals surface area contributed by atoms with E-state index < -0.39 is 0 Å². The monoisotopic (exact) mass is 263 g/mol. The molecule has 0 heterocycles. The number of methoxy groups -OCH3 is 2. The first kappa shape index (κ1) is 14.2. The largest absolute Gasteiger partial charge is 0.493 e. The van der Waals surface area contributed by atoms with E-state index in [-0.39, 0.29) is 11.5 Å². The maximum atomic E-state index is 6.56. The van der Waals surface area contributed by atoms with Crippen LogP contribution in [0.2, 0.25) is 0 Å². The summed E-state index contributed by atoms with van der Waals surface area (Å²) in [6, 6.07) is 6.13. The predicted octanol–water partition coefficient (Wildman–Crippen LogP) is 3.67. The van der Waals surface area contributed by atoms with E-state index in [1.54, 1.807) is 14.2 Å². The van der Waals surface area contributed by atoms with E-state index in [1.807, 2.05) is 12.1 Å². The normalized spacial score (nSPS) is 19.2. The van der Waals surface area contributed by atoms with E-state index >= 15 is 0 Å². The average Bonchev–Trinajstić information content (AvgIpc) is 2.95. The van der Waals surface area contributed by atoms with Crippen LogP contribution in [-0.2, 0) is 0 Å². The third-order valence-corrected chi connectivity index (χ3v) is 4.73. The Hall–Kier alpha value is -1.22. The number of nitrogens with two attached hydrogens (primary N) is 1. The Morgan fingerprint density at radius 2 is 1.79 bits per heavy atom. The van der Waals surface area contributed by atoms with Crippen LogP contribution in [0.4, 0.5) is 0 Å². The van der Waals surface area contributed by atoms with Crippen molar-refractivity contribution >= 4 is 0 Å². The number of hydrogen-bond acceptors (Lipinski definition) is 3. The molecule has 3 heteroatoms. The number of ether oxygens (including phenoxy) is 2. The first-order valence-corrected chi connectivity index (χ1v) is 7.14. The standard InChI is InChI=1S/C16H25NO2/c1-4-16(9-5-6-10-16)15(17)12-7-8-13(18-2)14(11-12)19-3/h7-8,11,15H,4-6,9-10,17H2,1-3H3. The molecule has 1 aromatic rings. The topological polar surface area (TPSA) is 44.5 Å². The van der Waals surface area contributed by atoms with Gasteiger partial charge in [0.25, 0.3) is 0 Å². The number of hydrogen-bond donors (Lipinski definition) is 1. The van der Waals surface area contributed by atoms with Crippen LogP contribution in [0, 0.1) is 5.41 Å². The van der Waals surface area contributed by atoms with Gasteiger partial charge in [0.2, 0.25) is 0 Å². The molecule has 19 heavy (non-hydrogen) atoms. The molecule has 3 nitrogen and oxygen atoms in total. The predicted molar refractivity (Wildman–Crippen MR) is 77.7 cm³/mol.